The van der Waals surface area contributed by atoms with Crippen LogP contribution in [0.25, 0.3) is 0 Å². The molecule has 0 fully saturated rings. The van der Waals surface area contributed by atoms with E-state index >= 15 is 0 Å². The number of aromatic nitrogens is 2. The van der Waals surface area contributed by atoms with Gasteiger partial charge in [-0.15, -0.1) is 0 Å². The average molecular weight is 233 g/mol. The number of rotatable bonds is 3. The number of halogens is 1. The van der Waals surface area contributed by atoms with Gasteiger partial charge in [-0.25, -0.2) is 4.98 Å². The van der Waals surface area contributed by atoms with Crippen molar-refractivity contribution in [2.75, 3.05) is 5.43 Å². The Morgan fingerprint density at radius 3 is 2.75 bits per heavy atom. The maximum Gasteiger partial charge on any atom is 0.166 e. The SMILES string of the molecule is Clc1cncc(N/N=C/c2ccccc2)n1. The van der Waals surface area contributed by atoms with Crippen LogP contribution in [0.5, 0.6) is 0 Å². The van der Waals surface area contributed by atoms with Crippen molar-refractivity contribution in [2.24, 2.45) is 5.10 Å². The van der Waals surface area contributed by atoms with E-state index in [1.807, 2.05) is 30.3 Å². The molecular formula is C11H9ClN4. The Kier molecular flexibility index (Phi) is 3.46. The second kappa shape index (κ2) is 5.23. The van der Waals surface area contributed by atoms with Crippen LogP contribution >= 0.6 is 11.6 Å². The number of nitrogens with one attached hydrogen (secondary N) is 1. The molecule has 0 bridgehead atoms. The minimum Gasteiger partial charge on any atom is -0.260 e. The van der Waals surface area contributed by atoms with E-state index < -0.39 is 0 Å². The Labute approximate surface area is 98.0 Å². The summed E-state index contributed by atoms with van der Waals surface area (Å²) in [6, 6.07) is 9.75. The fraction of sp³-hybridized carbons (Fsp3) is 0. The first-order valence-corrected chi connectivity index (χ1v) is 5.04. The molecule has 0 radical (unpaired) electrons. The fourth-order valence-electron chi connectivity index (χ4n) is 1.11. The molecule has 2 rings (SSSR count). The molecule has 1 aromatic carbocycles. The van der Waals surface area contributed by atoms with E-state index in [4.69, 9.17) is 11.6 Å². The van der Waals surface area contributed by atoms with Crippen LogP contribution in [-0.4, -0.2) is 16.2 Å². The predicted molar refractivity (Wildman–Crippen MR) is 64.7 cm³/mol. The van der Waals surface area contributed by atoms with Crippen molar-refractivity contribution in [1.82, 2.24) is 9.97 Å². The lowest BCUT2D eigenvalue weighted by atomic mass is 10.2. The van der Waals surface area contributed by atoms with Crippen molar-refractivity contribution < 1.29 is 0 Å². The van der Waals surface area contributed by atoms with Crippen LogP contribution in [0.3, 0.4) is 0 Å². The molecule has 80 valence electrons. The second-order valence-corrected chi connectivity index (χ2v) is 3.39. The summed E-state index contributed by atoms with van der Waals surface area (Å²) in [7, 11) is 0. The van der Waals surface area contributed by atoms with E-state index in [1.165, 1.54) is 6.20 Å². The number of hydrazone groups is 1. The first kappa shape index (κ1) is 10.6. The molecule has 0 saturated heterocycles. The highest BCUT2D eigenvalue weighted by molar-refractivity contribution is 6.29. The van der Waals surface area contributed by atoms with E-state index in [0.29, 0.717) is 11.0 Å². The number of anilines is 1. The lowest BCUT2D eigenvalue weighted by molar-refractivity contribution is 1.16. The molecule has 1 heterocycles. The zero-order valence-corrected chi connectivity index (χ0v) is 9.09. The quantitative estimate of drug-likeness (QED) is 0.654. The van der Waals surface area contributed by atoms with Gasteiger partial charge in [-0.1, -0.05) is 41.9 Å². The average Bonchev–Trinajstić information content (AvgIpc) is 2.30. The third kappa shape index (κ3) is 3.03. The van der Waals surface area contributed by atoms with Gasteiger partial charge < -0.3 is 0 Å². The van der Waals surface area contributed by atoms with E-state index in [2.05, 4.69) is 20.5 Å². The van der Waals surface area contributed by atoms with Crippen molar-refractivity contribution >= 4 is 23.6 Å². The second-order valence-electron chi connectivity index (χ2n) is 3.01. The van der Waals surface area contributed by atoms with Crippen molar-refractivity contribution in [3.8, 4) is 0 Å². The molecule has 0 atom stereocenters. The van der Waals surface area contributed by atoms with E-state index in [1.54, 1.807) is 12.4 Å². The Morgan fingerprint density at radius 1 is 1.19 bits per heavy atom. The summed E-state index contributed by atoms with van der Waals surface area (Å²) in [6.45, 7) is 0. The predicted octanol–water partition coefficient (Wildman–Crippen LogP) is 2.58. The fourth-order valence-corrected chi connectivity index (χ4v) is 1.26. The Morgan fingerprint density at radius 2 is 2.00 bits per heavy atom. The summed E-state index contributed by atoms with van der Waals surface area (Å²) in [5, 5.41) is 4.35. The summed E-state index contributed by atoms with van der Waals surface area (Å²) in [5.74, 6) is 0.514. The standard InChI is InChI=1S/C11H9ClN4/c12-10-7-13-8-11(15-10)16-14-6-9-4-2-1-3-5-9/h1-8H,(H,15,16)/b14-6+. The van der Waals surface area contributed by atoms with Crippen molar-refractivity contribution in [3.05, 3.63) is 53.4 Å². The zero-order valence-electron chi connectivity index (χ0n) is 8.34. The van der Waals surface area contributed by atoms with Crippen LogP contribution in [0.15, 0.2) is 47.8 Å². The highest BCUT2D eigenvalue weighted by Crippen LogP contribution is 2.06. The van der Waals surface area contributed by atoms with Gasteiger partial charge in [-0.3, -0.25) is 10.4 Å². The molecule has 0 amide bonds. The van der Waals surface area contributed by atoms with Gasteiger partial charge in [0, 0.05) is 0 Å². The number of nitrogens with zero attached hydrogens (tertiary/aromatic N) is 3. The molecule has 0 unspecified atom stereocenters. The summed E-state index contributed by atoms with van der Waals surface area (Å²) in [6.07, 6.45) is 4.71. The van der Waals surface area contributed by atoms with Crippen molar-refractivity contribution in [3.63, 3.8) is 0 Å². The first-order valence-electron chi connectivity index (χ1n) is 4.66. The maximum atomic E-state index is 5.68. The highest BCUT2D eigenvalue weighted by Gasteiger charge is 1.92. The Hall–Kier alpha value is -1.94. The molecule has 1 aromatic heterocycles. The van der Waals surface area contributed by atoms with E-state index in [0.717, 1.165) is 5.56 Å². The molecule has 4 nitrogen and oxygen atoms in total. The normalized spacial score (nSPS) is 10.6. The molecule has 0 saturated carbocycles. The minimum atomic E-state index is 0.333. The topological polar surface area (TPSA) is 50.2 Å². The van der Waals surface area contributed by atoms with E-state index in [-0.39, 0.29) is 0 Å². The number of hydrogen-bond acceptors (Lipinski definition) is 4. The number of hydrogen-bond donors (Lipinski definition) is 1. The highest BCUT2D eigenvalue weighted by atomic mass is 35.5. The molecule has 5 heteroatoms. The summed E-state index contributed by atoms with van der Waals surface area (Å²) in [4.78, 5) is 7.86. The molecule has 0 spiro atoms. The van der Waals surface area contributed by atoms with Gasteiger partial charge in [0.2, 0.25) is 0 Å². The lowest BCUT2D eigenvalue weighted by Gasteiger charge is -1.97. The van der Waals surface area contributed by atoms with Gasteiger partial charge in [0.05, 0.1) is 18.6 Å². The molecule has 2 aromatic rings. The first-order chi connectivity index (χ1) is 7.84. The third-order valence-electron chi connectivity index (χ3n) is 1.80. The van der Waals surface area contributed by atoms with Gasteiger partial charge >= 0.3 is 0 Å². The van der Waals surface area contributed by atoms with Crippen LogP contribution in [0.2, 0.25) is 5.15 Å². The molecular weight excluding hydrogens is 224 g/mol. The van der Waals surface area contributed by atoms with Gasteiger partial charge in [0.1, 0.15) is 5.15 Å². The Bertz CT molecular complexity index is 484. The van der Waals surface area contributed by atoms with Crippen molar-refractivity contribution in [2.45, 2.75) is 0 Å². The van der Waals surface area contributed by atoms with Crippen LogP contribution in [0.1, 0.15) is 5.56 Å². The van der Waals surface area contributed by atoms with Gasteiger partial charge in [0.15, 0.2) is 5.82 Å². The monoisotopic (exact) mass is 232 g/mol. The van der Waals surface area contributed by atoms with E-state index in [9.17, 15) is 0 Å². The molecule has 0 aliphatic rings. The van der Waals surface area contributed by atoms with Gasteiger partial charge in [-0.2, -0.15) is 5.10 Å². The summed E-state index contributed by atoms with van der Waals surface area (Å²) >= 11 is 5.68. The van der Waals surface area contributed by atoms with Crippen LogP contribution in [0.4, 0.5) is 5.82 Å². The molecule has 0 aliphatic carbocycles. The zero-order chi connectivity index (χ0) is 11.2. The molecule has 0 aliphatic heterocycles. The lowest BCUT2D eigenvalue weighted by Crippen LogP contribution is -1.94. The Balaban J connectivity index is 2.00. The maximum absolute atomic E-state index is 5.68. The third-order valence-corrected chi connectivity index (χ3v) is 1.98. The molecule has 16 heavy (non-hydrogen) atoms. The van der Waals surface area contributed by atoms with Gasteiger partial charge in [-0.05, 0) is 5.56 Å². The number of benzene rings is 1. The van der Waals surface area contributed by atoms with Crippen LogP contribution in [0, 0.1) is 0 Å². The van der Waals surface area contributed by atoms with Crippen LogP contribution < -0.4 is 5.43 Å². The summed E-state index contributed by atoms with van der Waals surface area (Å²) < 4.78 is 0. The molecule has 1 N–H and O–H groups in total. The van der Waals surface area contributed by atoms with Crippen molar-refractivity contribution in [1.29, 1.82) is 0 Å². The largest absolute Gasteiger partial charge is 0.260 e. The smallest absolute Gasteiger partial charge is 0.166 e. The summed E-state index contributed by atoms with van der Waals surface area (Å²) in [5.41, 5.74) is 3.75. The van der Waals surface area contributed by atoms with Crippen LogP contribution in [-0.2, 0) is 0 Å². The minimum absolute atomic E-state index is 0.333. The van der Waals surface area contributed by atoms with Gasteiger partial charge in [0.25, 0.3) is 0 Å².